The Morgan fingerprint density at radius 3 is 2.55 bits per heavy atom. The van der Waals surface area contributed by atoms with Crippen LogP contribution in [0.3, 0.4) is 0 Å². The zero-order valence-electron chi connectivity index (χ0n) is 19.8. The molecule has 3 heteroatoms. The lowest BCUT2D eigenvalue weighted by Crippen LogP contribution is -2.24. The summed E-state index contributed by atoms with van der Waals surface area (Å²) in [5.74, 6) is 3.54. The maximum absolute atomic E-state index is 12.2. The molecule has 0 aliphatic carbocycles. The second-order valence-electron chi connectivity index (χ2n) is 8.53. The Morgan fingerprint density at radius 1 is 1.10 bits per heavy atom. The SMILES string of the molecule is CCCC[Si](C#CC(=O)NCCc1ccc(-c2ccccc2)c(C)c1)CCC(C)CC. The summed E-state index contributed by atoms with van der Waals surface area (Å²) in [6, 6.07) is 19.4. The van der Waals surface area contributed by atoms with Gasteiger partial charge in [0.25, 0.3) is 5.91 Å². The van der Waals surface area contributed by atoms with E-state index in [4.69, 9.17) is 0 Å². The second-order valence-corrected chi connectivity index (χ2v) is 11.0. The molecule has 0 aliphatic rings. The van der Waals surface area contributed by atoms with Crippen molar-refractivity contribution < 1.29 is 4.79 Å². The molecule has 1 atom stereocenters. The number of hydrogen-bond acceptors (Lipinski definition) is 1. The van der Waals surface area contributed by atoms with Crippen molar-refractivity contribution >= 4 is 14.7 Å². The van der Waals surface area contributed by atoms with Crippen molar-refractivity contribution in [3.05, 3.63) is 59.7 Å². The van der Waals surface area contributed by atoms with Gasteiger partial charge >= 0.3 is 0 Å². The molecule has 2 aromatic rings. The van der Waals surface area contributed by atoms with Gasteiger partial charge in [-0.2, -0.15) is 0 Å². The van der Waals surface area contributed by atoms with E-state index in [1.165, 1.54) is 60.0 Å². The third kappa shape index (κ3) is 9.15. The number of aryl methyl sites for hydroxylation is 1. The first kappa shape index (κ1) is 25.0. The summed E-state index contributed by atoms with van der Waals surface area (Å²) in [6.45, 7) is 9.56. The quantitative estimate of drug-likeness (QED) is 0.315. The highest BCUT2D eigenvalue weighted by atomic mass is 28.3. The largest absolute Gasteiger partial charge is 0.345 e. The molecule has 0 saturated carbocycles. The van der Waals surface area contributed by atoms with Gasteiger partial charge in [0.05, 0.1) is 0 Å². The van der Waals surface area contributed by atoms with Crippen LogP contribution in [-0.4, -0.2) is 21.2 Å². The van der Waals surface area contributed by atoms with E-state index < -0.39 is 8.80 Å². The van der Waals surface area contributed by atoms with Crippen LogP contribution in [-0.2, 0) is 11.2 Å². The number of carbonyl (C=O) groups is 1. The normalized spacial score (nSPS) is 11.6. The molecule has 1 amide bonds. The standard InChI is InChI=1S/C28H38NOSi/c1-5-7-19-31(20-16-23(3)6-2)21-17-28(30)29-18-15-25-13-14-27(24(4)22-25)26-11-9-8-10-12-26/h8-14,22-23H,5-7,15-16,18-20H2,1-4H3,(H,29,30). The van der Waals surface area contributed by atoms with Crippen molar-refractivity contribution in [1.29, 1.82) is 0 Å². The van der Waals surface area contributed by atoms with E-state index in [2.05, 4.69) is 86.9 Å². The summed E-state index contributed by atoms with van der Waals surface area (Å²) in [6.07, 6.45) is 5.72. The molecule has 2 aromatic carbocycles. The molecular weight excluding hydrogens is 394 g/mol. The predicted molar refractivity (Wildman–Crippen MR) is 135 cm³/mol. The molecule has 1 radical (unpaired) electrons. The van der Waals surface area contributed by atoms with Crippen LogP contribution in [0.4, 0.5) is 0 Å². The van der Waals surface area contributed by atoms with E-state index in [0.29, 0.717) is 6.54 Å². The van der Waals surface area contributed by atoms with Crippen molar-refractivity contribution in [2.24, 2.45) is 5.92 Å². The number of benzene rings is 2. The Kier molecular flexibility index (Phi) is 11.2. The minimum Gasteiger partial charge on any atom is -0.345 e. The van der Waals surface area contributed by atoms with E-state index in [1.807, 2.05) is 6.07 Å². The zero-order chi connectivity index (χ0) is 22.5. The smallest absolute Gasteiger partial charge is 0.295 e. The predicted octanol–water partition coefficient (Wildman–Crippen LogP) is 6.59. The molecule has 0 saturated heterocycles. The molecular formula is C28H38NOSi. The van der Waals surface area contributed by atoms with E-state index in [1.54, 1.807) is 0 Å². The number of unbranched alkanes of at least 4 members (excludes halogenated alkanes) is 1. The zero-order valence-corrected chi connectivity index (χ0v) is 20.8. The molecule has 31 heavy (non-hydrogen) atoms. The Hall–Kier alpha value is -2.31. The van der Waals surface area contributed by atoms with E-state index >= 15 is 0 Å². The van der Waals surface area contributed by atoms with Gasteiger partial charge in [-0.25, -0.2) is 0 Å². The third-order valence-corrected chi connectivity index (χ3v) is 8.22. The van der Waals surface area contributed by atoms with Crippen molar-refractivity contribution in [2.75, 3.05) is 6.54 Å². The minimum absolute atomic E-state index is 0.125. The fraction of sp³-hybridized carbons (Fsp3) is 0.464. The number of nitrogens with one attached hydrogen (secondary N) is 1. The highest BCUT2D eigenvalue weighted by Crippen LogP contribution is 2.24. The first-order valence-electron chi connectivity index (χ1n) is 11.8. The van der Waals surface area contributed by atoms with Gasteiger partial charge in [0.15, 0.2) is 0 Å². The lowest BCUT2D eigenvalue weighted by molar-refractivity contribution is -0.115. The van der Waals surface area contributed by atoms with Crippen molar-refractivity contribution in [1.82, 2.24) is 5.32 Å². The van der Waals surface area contributed by atoms with Crippen molar-refractivity contribution in [3.8, 4) is 22.6 Å². The Balaban J connectivity index is 1.85. The fourth-order valence-electron chi connectivity index (χ4n) is 3.60. The van der Waals surface area contributed by atoms with Crippen LogP contribution in [0.5, 0.6) is 0 Å². The molecule has 0 heterocycles. The summed E-state index contributed by atoms with van der Waals surface area (Å²) in [4.78, 5) is 12.2. The van der Waals surface area contributed by atoms with Gasteiger partial charge in [-0.05, 0) is 59.5 Å². The topological polar surface area (TPSA) is 29.1 Å². The molecule has 0 bridgehead atoms. The van der Waals surface area contributed by atoms with E-state index in [9.17, 15) is 4.79 Å². The Labute approximate surface area is 191 Å². The maximum atomic E-state index is 12.2. The van der Waals surface area contributed by atoms with Crippen molar-refractivity contribution in [2.45, 2.75) is 71.9 Å². The minimum atomic E-state index is -0.742. The van der Waals surface area contributed by atoms with Crippen LogP contribution < -0.4 is 5.32 Å². The monoisotopic (exact) mass is 432 g/mol. The number of rotatable bonds is 11. The molecule has 1 N–H and O–H groups in total. The summed E-state index contributed by atoms with van der Waals surface area (Å²) < 4.78 is 0. The number of carbonyl (C=O) groups excluding carboxylic acids is 1. The van der Waals surface area contributed by atoms with Crippen LogP contribution in [0.15, 0.2) is 48.5 Å². The first-order chi connectivity index (χ1) is 15.0. The van der Waals surface area contributed by atoms with Gasteiger partial charge in [-0.15, -0.1) is 5.54 Å². The molecule has 2 nitrogen and oxygen atoms in total. The van der Waals surface area contributed by atoms with Crippen LogP contribution in [0.2, 0.25) is 12.1 Å². The summed E-state index contributed by atoms with van der Waals surface area (Å²) in [5.41, 5.74) is 8.36. The molecule has 165 valence electrons. The molecule has 0 aliphatic heterocycles. The first-order valence-corrected chi connectivity index (χ1v) is 13.7. The average molecular weight is 433 g/mol. The summed E-state index contributed by atoms with van der Waals surface area (Å²) in [5, 5.41) is 2.99. The van der Waals surface area contributed by atoms with Gasteiger partial charge in [-0.1, -0.05) is 95.0 Å². The summed E-state index contributed by atoms with van der Waals surface area (Å²) in [7, 11) is -0.742. The highest BCUT2D eigenvalue weighted by Gasteiger charge is 2.11. The fourth-order valence-corrected chi connectivity index (χ4v) is 6.01. The Bertz CT molecular complexity index is 866. The van der Waals surface area contributed by atoms with Crippen LogP contribution in [0.25, 0.3) is 11.1 Å². The van der Waals surface area contributed by atoms with Crippen LogP contribution in [0, 0.1) is 24.3 Å². The number of amides is 1. The van der Waals surface area contributed by atoms with Gasteiger partial charge in [-0.3, -0.25) is 4.79 Å². The van der Waals surface area contributed by atoms with Gasteiger partial charge in [0.1, 0.15) is 8.80 Å². The highest BCUT2D eigenvalue weighted by molar-refractivity contribution is 6.67. The molecule has 0 spiro atoms. The lowest BCUT2D eigenvalue weighted by Gasteiger charge is -2.11. The van der Waals surface area contributed by atoms with Gasteiger partial charge in [0, 0.05) is 6.54 Å². The number of hydrogen-bond donors (Lipinski definition) is 1. The molecule has 2 rings (SSSR count). The molecule has 0 fully saturated rings. The van der Waals surface area contributed by atoms with E-state index in [0.717, 1.165) is 12.3 Å². The van der Waals surface area contributed by atoms with Gasteiger partial charge in [0.2, 0.25) is 0 Å². The van der Waals surface area contributed by atoms with E-state index in [-0.39, 0.29) is 5.91 Å². The van der Waals surface area contributed by atoms with Crippen LogP contribution >= 0.6 is 0 Å². The maximum Gasteiger partial charge on any atom is 0.295 e. The second kappa shape index (κ2) is 13.9. The van der Waals surface area contributed by atoms with Crippen LogP contribution in [0.1, 0.15) is 57.6 Å². The van der Waals surface area contributed by atoms with Gasteiger partial charge < -0.3 is 5.32 Å². The summed E-state index contributed by atoms with van der Waals surface area (Å²) >= 11 is 0. The lowest BCUT2D eigenvalue weighted by atomic mass is 9.97. The average Bonchev–Trinajstić information content (AvgIpc) is 2.79. The van der Waals surface area contributed by atoms with Crippen molar-refractivity contribution in [3.63, 3.8) is 0 Å². The Morgan fingerprint density at radius 2 is 1.87 bits per heavy atom. The molecule has 1 unspecified atom stereocenters. The third-order valence-electron chi connectivity index (χ3n) is 5.90. The molecule has 0 aromatic heterocycles.